The fourth-order valence-electron chi connectivity index (χ4n) is 1.91. The monoisotopic (exact) mass is 206 g/mol. The minimum atomic E-state index is 0.340. The van der Waals surface area contributed by atoms with E-state index in [9.17, 15) is 5.11 Å². The summed E-state index contributed by atoms with van der Waals surface area (Å²) in [6.07, 6.45) is 2.01. The van der Waals surface area contributed by atoms with E-state index in [1.165, 1.54) is 10.5 Å². The maximum absolute atomic E-state index is 9.36. The molecule has 2 unspecified atom stereocenters. The molecule has 2 aliphatic rings. The molecule has 3 rings (SSSR count). The summed E-state index contributed by atoms with van der Waals surface area (Å²) in [5.74, 6) is 0.705. The number of phenols is 1. The van der Waals surface area contributed by atoms with Crippen LogP contribution in [-0.4, -0.2) is 23.4 Å². The second-order valence-electron chi connectivity index (χ2n) is 3.48. The Morgan fingerprint density at radius 3 is 3.36 bits per heavy atom. The summed E-state index contributed by atoms with van der Waals surface area (Å²) in [6.45, 7) is 0.703. The smallest absolute Gasteiger partial charge is 0.116 e. The maximum Gasteiger partial charge on any atom is 0.116 e. The van der Waals surface area contributed by atoms with E-state index in [0.29, 0.717) is 23.7 Å². The van der Waals surface area contributed by atoms with E-state index in [-0.39, 0.29) is 0 Å². The average molecular weight is 206 g/mol. The van der Waals surface area contributed by atoms with Crippen molar-refractivity contribution < 1.29 is 5.11 Å². The van der Waals surface area contributed by atoms with Crippen molar-refractivity contribution in [2.75, 3.05) is 6.67 Å². The Hall–Kier alpha value is -1.00. The van der Waals surface area contributed by atoms with Crippen molar-refractivity contribution in [3.05, 3.63) is 23.8 Å². The molecule has 2 atom stereocenters. The van der Waals surface area contributed by atoms with Crippen LogP contribution in [0.15, 0.2) is 28.1 Å². The van der Waals surface area contributed by atoms with Crippen molar-refractivity contribution in [1.29, 1.82) is 0 Å². The van der Waals surface area contributed by atoms with Gasteiger partial charge in [-0.25, -0.2) is 0 Å². The second-order valence-corrected chi connectivity index (χ2v) is 4.66. The van der Waals surface area contributed by atoms with E-state index in [0.717, 1.165) is 0 Å². The normalized spacial score (nSPS) is 28.6. The molecule has 14 heavy (non-hydrogen) atoms. The van der Waals surface area contributed by atoms with Gasteiger partial charge in [0, 0.05) is 17.0 Å². The molecule has 0 aliphatic carbocycles. The van der Waals surface area contributed by atoms with Gasteiger partial charge in [-0.15, -0.1) is 11.8 Å². The van der Waals surface area contributed by atoms with Crippen molar-refractivity contribution in [3.63, 3.8) is 0 Å². The Morgan fingerprint density at radius 2 is 2.43 bits per heavy atom. The Balaban J connectivity index is 2.08. The lowest BCUT2D eigenvalue weighted by Gasteiger charge is -2.20. The summed E-state index contributed by atoms with van der Waals surface area (Å²) in [5, 5.41) is 13.1. The van der Waals surface area contributed by atoms with Gasteiger partial charge in [0.2, 0.25) is 0 Å². The van der Waals surface area contributed by atoms with Crippen LogP contribution in [0.5, 0.6) is 5.75 Å². The summed E-state index contributed by atoms with van der Waals surface area (Å²) >= 11 is 1.77. The molecule has 2 aliphatic heterocycles. The van der Waals surface area contributed by atoms with Gasteiger partial charge in [-0.05, 0) is 17.7 Å². The number of aliphatic imine (C=N–C) groups is 1. The number of aromatic hydroxyl groups is 1. The molecule has 0 saturated carbocycles. The largest absolute Gasteiger partial charge is 0.508 e. The van der Waals surface area contributed by atoms with Gasteiger partial charge in [-0.1, -0.05) is 6.07 Å². The highest BCUT2D eigenvalue weighted by Gasteiger charge is 2.33. The van der Waals surface area contributed by atoms with Gasteiger partial charge in [0.05, 0.1) is 12.0 Å². The molecular weight excluding hydrogens is 196 g/mol. The number of nitrogens with zero attached hydrogens (tertiary/aromatic N) is 1. The highest BCUT2D eigenvalue weighted by molar-refractivity contribution is 8.00. The molecule has 2 heterocycles. The number of fused-ring (bicyclic) bond motifs is 3. The third kappa shape index (κ3) is 1.14. The number of hydrogen-bond donors (Lipinski definition) is 2. The van der Waals surface area contributed by atoms with Crippen molar-refractivity contribution in [2.24, 2.45) is 4.99 Å². The fourth-order valence-corrected chi connectivity index (χ4v) is 3.23. The Labute approximate surface area is 86.2 Å². The maximum atomic E-state index is 9.36. The molecule has 3 nitrogen and oxygen atoms in total. The molecule has 0 amide bonds. The van der Waals surface area contributed by atoms with Crippen LogP contribution in [0.3, 0.4) is 0 Å². The van der Waals surface area contributed by atoms with Crippen molar-refractivity contribution in [2.45, 2.75) is 16.2 Å². The molecule has 4 heteroatoms. The number of nitrogens with one attached hydrogen (secondary N) is 1. The van der Waals surface area contributed by atoms with E-state index in [1.807, 2.05) is 18.3 Å². The summed E-state index contributed by atoms with van der Waals surface area (Å²) < 4.78 is 0. The highest BCUT2D eigenvalue weighted by atomic mass is 32.2. The van der Waals surface area contributed by atoms with Gasteiger partial charge in [-0.2, -0.15) is 0 Å². The van der Waals surface area contributed by atoms with E-state index < -0.39 is 0 Å². The quantitative estimate of drug-likeness (QED) is 0.676. The first-order valence-corrected chi connectivity index (χ1v) is 5.45. The fraction of sp³-hybridized carbons (Fsp3) is 0.300. The Morgan fingerprint density at radius 1 is 1.50 bits per heavy atom. The van der Waals surface area contributed by atoms with Crippen LogP contribution in [-0.2, 0) is 0 Å². The SMILES string of the molecule is Oc1ccc2c(c1)SC1NCN=CC21. The van der Waals surface area contributed by atoms with Crippen LogP contribution in [0.4, 0.5) is 0 Å². The van der Waals surface area contributed by atoms with Crippen LogP contribution in [0.25, 0.3) is 0 Å². The molecule has 0 fully saturated rings. The van der Waals surface area contributed by atoms with Crippen LogP contribution < -0.4 is 5.32 Å². The third-order valence-corrected chi connectivity index (χ3v) is 3.91. The summed E-state index contributed by atoms with van der Waals surface area (Å²) in [5.41, 5.74) is 1.27. The number of phenolic OH excluding ortho intramolecular Hbond substituents is 1. The molecule has 0 bridgehead atoms. The van der Waals surface area contributed by atoms with Gasteiger partial charge in [0.1, 0.15) is 5.75 Å². The minimum Gasteiger partial charge on any atom is -0.508 e. The standard InChI is InChI=1S/C10H10N2OS/c13-6-1-2-7-8-4-11-5-12-10(8)14-9(7)3-6/h1-4,8,10,12-13H,5H2. The number of rotatable bonds is 0. The molecule has 1 aromatic carbocycles. The topological polar surface area (TPSA) is 44.6 Å². The first-order chi connectivity index (χ1) is 6.84. The molecule has 1 aromatic rings. The molecule has 72 valence electrons. The Kier molecular flexibility index (Phi) is 1.78. The molecular formula is C10H10N2OS. The van der Waals surface area contributed by atoms with E-state index in [2.05, 4.69) is 10.3 Å². The van der Waals surface area contributed by atoms with Gasteiger partial charge < -0.3 is 5.11 Å². The Bertz CT molecular complexity index is 405. The van der Waals surface area contributed by atoms with Gasteiger partial charge in [0.25, 0.3) is 0 Å². The summed E-state index contributed by atoms with van der Waals surface area (Å²) in [7, 11) is 0. The van der Waals surface area contributed by atoms with Gasteiger partial charge in [-0.3, -0.25) is 10.3 Å². The molecule has 0 saturated heterocycles. The zero-order valence-electron chi connectivity index (χ0n) is 7.47. The lowest BCUT2D eigenvalue weighted by molar-refractivity contribution is 0.473. The number of benzene rings is 1. The first kappa shape index (κ1) is 8.32. The van der Waals surface area contributed by atoms with Crippen LogP contribution in [0, 0.1) is 0 Å². The highest BCUT2D eigenvalue weighted by Crippen LogP contribution is 2.45. The molecule has 0 aromatic heterocycles. The summed E-state index contributed by atoms with van der Waals surface area (Å²) in [6, 6.07) is 5.55. The third-order valence-electron chi connectivity index (χ3n) is 2.59. The van der Waals surface area contributed by atoms with Crippen molar-refractivity contribution in [3.8, 4) is 5.75 Å². The van der Waals surface area contributed by atoms with Gasteiger partial charge in [0.15, 0.2) is 0 Å². The predicted octanol–water partition coefficient (Wildman–Crippen LogP) is 1.54. The van der Waals surface area contributed by atoms with Crippen molar-refractivity contribution in [1.82, 2.24) is 5.32 Å². The van der Waals surface area contributed by atoms with Crippen LogP contribution >= 0.6 is 11.8 Å². The van der Waals surface area contributed by atoms with E-state index in [4.69, 9.17) is 0 Å². The van der Waals surface area contributed by atoms with Gasteiger partial charge >= 0.3 is 0 Å². The van der Waals surface area contributed by atoms with E-state index >= 15 is 0 Å². The number of hydrogen-bond acceptors (Lipinski definition) is 4. The predicted molar refractivity (Wildman–Crippen MR) is 57.0 cm³/mol. The minimum absolute atomic E-state index is 0.340. The lowest BCUT2D eigenvalue weighted by atomic mass is 10.00. The zero-order valence-corrected chi connectivity index (χ0v) is 8.29. The lowest BCUT2D eigenvalue weighted by Crippen LogP contribution is -2.33. The van der Waals surface area contributed by atoms with E-state index in [1.54, 1.807) is 17.8 Å². The summed E-state index contributed by atoms with van der Waals surface area (Å²) in [4.78, 5) is 5.40. The van der Waals surface area contributed by atoms with Crippen LogP contribution in [0.1, 0.15) is 11.5 Å². The average Bonchev–Trinajstić information content (AvgIpc) is 2.54. The molecule has 0 radical (unpaired) electrons. The molecule has 2 N–H and O–H groups in total. The van der Waals surface area contributed by atoms with Crippen molar-refractivity contribution >= 4 is 18.0 Å². The van der Waals surface area contributed by atoms with Crippen LogP contribution in [0.2, 0.25) is 0 Å². The first-order valence-electron chi connectivity index (χ1n) is 4.57. The number of thioether (sulfide) groups is 1. The zero-order chi connectivity index (χ0) is 9.54. The molecule has 0 spiro atoms. The second kappa shape index (κ2) is 3.00.